The van der Waals surface area contributed by atoms with Gasteiger partial charge in [-0.15, -0.1) is 0 Å². The van der Waals surface area contributed by atoms with Gasteiger partial charge in [0.15, 0.2) is 5.82 Å². The van der Waals surface area contributed by atoms with E-state index >= 15 is 0 Å². The van der Waals surface area contributed by atoms with E-state index in [0.29, 0.717) is 23.8 Å². The first-order valence-corrected chi connectivity index (χ1v) is 10.4. The lowest BCUT2D eigenvalue weighted by Crippen LogP contribution is -2.36. The van der Waals surface area contributed by atoms with E-state index in [9.17, 15) is 4.79 Å². The number of rotatable bonds is 5. The van der Waals surface area contributed by atoms with Crippen molar-refractivity contribution in [2.45, 2.75) is 6.54 Å². The Labute approximate surface area is 168 Å². The van der Waals surface area contributed by atoms with Crippen molar-refractivity contribution in [1.29, 1.82) is 0 Å². The van der Waals surface area contributed by atoms with Crippen LogP contribution in [-0.2, 0) is 6.54 Å². The lowest BCUT2D eigenvalue weighted by atomic mass is 10.2. The van der Waals surface area contributed by atoms with Gasteiger partial charge in [-0.1, -0.05) is 36.4 Å². The van der Waals surface area contributed by atoms with Crippen molar-refractivity contribution in [1.82, 2.24) is 20.3 Å². The number of amides is 1. The predicted molar refractivity (Wildman–Crippen MR) is 112 cm³/mol. The molecule has 0 atom stereocenters. The number of benzene rings is 1. The van der Waals surface area contributed by atoms with Crippen LogP contribution in [0, 0.1) is 0 Å². The van der Waals surface area contributed by atoms with E-state index in [2.05, 4.69) is 20.2 Å². The third-order valence-corrected chi connectivity index (χ3v) is 5.45. The molecule has 0 saturated carbocycles. The van der Waals surface area contributed by atoms with Crippen molar-refractivity contribution in [3.05, 3.63) is 72.2 Å². The van der Waals surface area contributed by atoms with Gasteiger partial charge < -0.3 is 10.2 Å². The van der Waals surface area contributed by atoms with E-state index in [1.165, 1.54) is 0 Å². The highest BCUT2D eigenvalue weighted by atomic mass is 32.2. The molecule has 1 aliphatic heterocycles. The standard InChI is InChI=1S/C21H21N5OS/c27-21(24-14-17-8-4-5-9-22-17)18-15-23-19(16-6-2-1-3-7-16)25-20(18)26-10-12-28-13-11-26/h1-9,15H,10-14H2,(H,24,27). The zero-order valence-electron chi connectivity index (χ0n) is 15.4. The molecule has 1 amide bonds. The number of aromatic nitrogens is 3. The average Bonchev–Trinajstić information content (AvgIpc) is 2.79. The number of nitrogens with one attached hydrogen (secondary N) is 1. The van der Waals surface area contributed by atoms with Crippen molar-refractivity contribution >= 4 is 23.5 Å². The number of hydrogen-bond acceptors (Lipinski definition) is 6. The predicted octanol–water partition coefficient (Wildman–Crippen LogP) is 3.02. The van der Waals surface area contributed by atoms with Gasteiger partial charge in [0.2, 0.25) is 0 Å². The fraction of sp³-hybridized carbons (Fsp3) is 0.238. The minimum atomic E-state index is -0.182. The van der Waals surface area contributed by atoms with Crippen molar-refractivity contribution in [3.8, 4) is 11.4 Å². The lowest BCUT2D eigenvalue weighted by Gasteiger charge is -2.29. The first-order chi connectivity index (χ1) is 13.8. The van der Waals surface area contributed by atoms with Gasteiger partial charge in [0, 0.05) is 42.6 Å². The van der Waals surface area contributed by atoms with Crippen LogP contribution in [0.25, 0.3) is 11.4 Å². The zero-order chi connectivity index (χ0) is 19.2. The van der Waals surface area contributed by atoms with E-state index < -0.39 is 0 Å². The number of hydrogen-bond donors (Lipinski definition) is 1. The molecular formula is C21H21N5OS. The molecule has 0 radical (unpaired) electrons. The summed E-state index contributed by atoms with van der Waals surface area (Å²) in [4.78, 5) is 28.5. The Kier molecular flexibility index (Phi) is 5.82. The summed E-state index contributed by atoms with van der Waals surface area (Å²) in [6, 6.07) is 15.5. The fourth-order valence-corrected chi connectivity index (χ4v) is 3.95. The molecular weight excluding hydrogens is 370 g/mol. The number of nitrogens with zero attached hydrogens (tertiary/aromatic N) is 4. The summed E-state index contributed by atoms with van der Waals surface area (Å²) in [7, 11) is 0. The van der Waals surface area contributed by atoms with Gasteiger partial charge in [-0.2, -0.15) is 11.8 Å². The summed E-state index contributed by atoms with van der Waals surface area (Å²) in [6.07, 6.45) is 3.36. The van der Waals surface area contributed by atoms with Gasteiger partial charge in [-0.3, -0.25) is 9.78 Å². The molecule has 28 heavy (non-hydrogen) atoms. The van der Waals surface area contributed by atoms with Gasteiger partial charge in [0.1, 0.15) is 11.4 Å². The Bertz CT molecular complexity index is 930. The van der Waals surface area contributed by atoms with Crippen LogP contribution in [0.5, 0.6) is 0 Å². The van der Waals surface area contributed by atoms with Gasteiger partial charge in [0.05, 0.1) is 12.2 Å². The molecule has 4 rings (SSSR count). The summed E-state index contributed by atoms with van der Waals surface area (Å²) < 4.78 is 0. The van der Waals surface area contributed by atoms with Crippen LogP contribution in [0.2, 0.25) is 0 Å². The minimum Gasteiger partial charge on any atom is -0.354 e. The van der Waals surface area contributed by atoms with Crippen LogP contribution >= 0.6 is 11.8 Å². The van der Waals surface area contributed by atoms with Gasteiger partial charge >= 0.3 is 0 Å². The Hall–Kier alpha value is -2.93. The molecule has 0 spiro atoms. The lowest BCUT2D eigenvalue weighted by molar-refractivity contribution is 0.0950. The maximum absolute atomic E-state index is 12.9. The summed E-state index contributed by atoms with van der Waals surface area (Å²) >= 11 is 1.92. The van der Waals surface area contributed by atoms with Gasteiger partial charge in [-0.25, -0.2) is 9.97 Å². The number of pyridine rings is 1. The second-order valence-corrected chi connectivity index (χ2v) is 7.62. The Morgan fingerprint density at radius 1 is 1.04 bits per heavy atom. The highest BCUT2D eigenvalue weighted by Crippen LogP contribution is 2.25. The Morgan fingerprint density at radius 3 is 2.57 bits per heavy atom. The smallest absolute Gasteiger partial charge is 0.256 e. The molecule has 6 nitrogen and oxygen atoms in total. The average molecular weight is 392 g/mol. The largest absolute Gasteiger partial charge is 0.354 e. The van der Waals surface area contributed by atoms with Crippen LogP contribution in [0.4, 0.5) is 5.82 Å². The van der Waals surface area contributed by atoms with Crippen molar-refractivity contribution < 1.29 is 4.79 Å². The van der Waals surface area contributed by atoms with Crippen molar-refractivity contribution in [2.24, 2.45) is 0 Å². The normalized spacial score (nSPS) is 13.9. The van der Waals surface area contributed by atoms with Crippen molar-refractivity contribution in [3.63, 3.8) is 0 Å². The first-order valence-electron chi connectivity index (χ1n) is 9.24. The summed E-state index contributed by atoms with van der Waals surface area (Å²) in [5.74, 6) is 3.21. The van der Waals surface area contributed by atoms with E-state index in [0.717, 1.165) is 35.9 Å². The van der Waals surface area contributed by atoms with E-state index in [-0.39, 0.29) is 5.91 Å². The third kappa shape index (κ3) is 4.31. The molecule has 1 fully saturated rings. The summed E-state index contributed by atoms with van der Waals surface area (Å²) in [5, 5.41) is 2.94. The molecule has 0 aliphatic carbocycles. The second-order valence-electron chi connectivity index (χ2n) is 6.40. The number of carbonyl (C=O) groups is 1. The van der Waals surface area contributed by atoms with Crippen LogP contribution < -0.4 is 10.2 Å². The highest BCUT2D eigenvalue weighted by molar-refractivity contribution is 7.99. The first kappa shape index (κ1) is 18.4. The summed E-state index contributed by atoms with van der Waals surface area (Å²) in [6.45, 7) is 2.11. The molecule has 142 valence electrons. The molecule has 3 heterocycles. The molecule has 0 bridgehead atoms. The number of thioether (sulfide) groups is 1. The molecule has 7 heteroatoms. The number of anilines is 1. The molecule has 1 aromatic carbocycles. The molecule has 1 saturated heterocycles. The monoisotopic (exact) mass is 391 g/mol. The second kappa shape index (κ2) is 8.84. The van der Waals surface area contributed by atoms with Gasteiger partial charge in [-0.05, 0) is 12.1 Å². The minimum absolute atomic E-state index is 0.182. The zero-order valence-corrected chi connectivity index (χ0v) is 16.2. The fourth-order valence-electron chi connectivity index (χ4n) is 3.04. The molecule has 1 N–H and O–H groups in total. The molecule has 3 aromatic rings. The summed E-state index contributed by atoms with van der Waals surface area (Å²) in [5.41, 5.74) is 2.26. The van der Waals surface area contributed by atoms with E-state index in [1.54, 1.807) is 12.4 Å². The quantitative estimate of drug-likeness (QED) is 0.721. The van der Waals surface area contributed by atoms with Crippen LogP contribution in [0.1, 0.15) is 16.1 Å². The molecule has 0 unspecified atom stereocenters. The van der Waals surface area contributed by atoms with Crippen molar-refractivity contribution in [2.75, 3.05) is 29.5 Å². The SMILES string of the molecule is O=C(NCc1ccccn1)c1cnc(-c2ccccc2)nc1N1CCSCC1. The maximum atomic E-state index is 12.9. The highest BCUT2D eigenvalue weighted by Gasteiger charge is 2.22. The van der Waals surface area contributed by atoms with Crippen LogP contribution in [0.15, 0.2) is 60.9 Å². The Morgan fingerprint density at radius 2 is 1.82 bits per heavy atom. The van der Waals surface area contributed by atoms with Crippen LogP contribution in [-0.4, -0.2) is 45.5 Å². The molecule has 1 aliphatic rings. The van der Waals surface area contributed by atoms with Crippen LogP contribution in [0.3, 0.4) is 0 Å². The van der Waals surface area contributed by atoms with Gasteiger partial charge in [0.25, 0.3) is 5.91 Å². The third-order valence-electron chi connectivity index (χ3n) is 4.51. The maximum Gasteiger partial charge on any atom is 0.256 e. The topological polar surface area (TPSA) is 71.0 Å². The number of carbonyl (C=O) groups excluding carboxylic acids is 1. The van der Waals surface area contributed by atoms with E-state index in [1.807, 2.05) is 60.3 Å². The van der Waals surface area contributed by atoms with E-state index in [4.69, 9.17) is 4.98 Å². The Balaban J connectivity index is 1.62. The molecule has 2 aromatic heterocycles.